The van der Waals surface area contributed by atoms with E-state index in [-0.39, 0.29) is 24.4 Å². The predicted octanol–water partition coefficient (Wildman–Crippen LogP) is 5.13. The highest BCUT2D eigenvalue weighted by Gasteiger charge is 2.35. The maximum absolute atomic E-state index is 13.4. The van der Waals surface area contributed by atoms with E-state index < -0.39 is 18.1 Å². The van der Waals surface area contributed by atoms with Gasteiger partial charge < -0.3 is 14.4 Å². The van der Waals surface area contributed by atoms with E-state index in [1.807, 2.05) is 45.0 Å². The summed E-state index contributed by atoms with van der Waals surface area (Å²) in [4.78, 5) is 16.4. The Balaban J connectivity index is 1.97. The molecule has 1 aliphatic rings. The van der Waals surface area contributed by atoms with Gasteiger partial charge in [0.25, 0.3) is 0 Å². The molecule has 2 aromatic carbocycles. The monoisotopic (exact) mass is 422 g/mol. The van der Waals surface area contributed by atoms with E-state index in [1.165, 1.54) is 23.1 Å². The van der Waals surface area contributed by atoms with Crippen molar-refractivity contribution in [2.75, 3.05) is 18.0 Å². The Kier molecular flexibility index (Phi) is 6.55. The van der Waals surface area contributed by atoms with E-state index in [2.05, 4.69) is 4.74 Å². The van der Waals surface area contributed by atoms with E-state index in [9.17, 15) is 18.0 Å². The van der Waals surface area contributed by atoms with Gasteiger partial charge in [0.1, 0.15) is 0 Å². The summed E-state index contributed by atoms with van der Waals surface area (Å²) in [7, 11) is 0. The number of urea groups is 1. The predicted molar refractivity (Wildman–Crippen MR) is 107 cm³/mol. The molecule has 5 nitrogen and oxygen atoms in total. The molecule has 0 saturated carbocycles. The van der Waals surface area contributed by atoms with E-state index in [0.717, 1.165) is 11.1 Å². The summed E-state index contributed by atoms with van der Waals surface area (Å²) < 4.78 is 48.8. The van der Waals surface area contributed by atoms with Crippen molar-refractivity contribution in [2.24, 2.45) is 0 Å². The number of carbonyl (C=O) groups excluding carboxylic acids is 1. The number of benzene rings is 2. The molecule has 1 fully saturated rings. The normalized spacial score (nSPS) is 19.5. The maximum Gasteiger partial charge on any atom is 0.573 e. The summed E-state index contributed by atoms with van der Waals surface area (Å²) in [6, 6.07) is 12.8. The second-order valence-corrected chi connectivity index (χ2v) is 7.53. The summed E-state index contributed by atoms with van der Waals surface area (Å²) in [6.07, 6.45) is -5.20. The van der Waals surface area contributed by atoms with Gasteiger partial charge in [-0.3, -0.25) is 4.90 Å². The highest BCUT2D eigenvalue weighted by molar-refractivity contribution is 5.93. The van der Waals surface area contributed by atoms with Gasteiger partial charge in [-0.05, 0) is 38.5 Å². The van der Waals surface area contributed by atoms with Crippen LogP contribution in [-0.4, -0.2) is 42.6 Å². The van der Waals surface area contributed by atoms with Gasteiger partial charge >= 0.3 is 12.4 Å². The van der Waals surface area contributed by atoms with Crippen LogP contribution in [0.3, 0.4) is 0 Å². The van der Waals surface area contributed by atoms with Crippen LogP contribution in [0, 0.1) is 6.92 Å². The smallest absolute Gasteiger partial charge is 0.404 e. The third-order valence-electron chi connectivity index (χ3n) is 4.76. The summed E-state index contributed by atoms with van der Waals surface area (Å²) in [6.45, 7) is 6.49. The zero-order valence-corrected chi connectivity index (χ0v) is 17.1. The first-order chi connectivity index (χ1) is 14.1. The number of anilines is 1. The number of rotatable bonds is 4. The summed E-state index contributed by atoms with van der Waals surface area (Å²) in [5, 5.41) is 0. The molecule has 162 valence electrons. The minimum Gasteiger partial charge on any atom is -0.404 e. The van der Waals surface area contributed by atoms with Gasteiger partial charge in [-0.2, -0.15) is 0 Å². The Morgan fingerprint density at radius 1 is 1.10 bits per heavy atom. The van der Waals surface area contributed by atoms with Crippen LogP contribution in [0.1, 0.15) is 25.0 Å². The minimum atomic E-state index is -4.86. The lowest BCUT2D eigenvalue weighted by molar-refractivity contribution is -0.274. The average molecular weight is 422 g/mol. The zero-order valence-electron chi connectivity index (χ0n) is 17.1. The number of halogens is 3. The SMILES string of the molecule is Cc1ccc(CN(C(=O)N2CC(C)OC(C)C2)c2ccccc2OC(F)(F)F)cc1. The Morgan fingerprint density at radius 3 is 2.30 bits per heavy atom. The topological polar surface area (TPSA) is 42.0 Å². The third kappa shape index (κ3) is 5.66. The number of alkyl halides is 3. The van der Waals surface area contributed by atoms with Crippen LogP contribution in [0.5, 0.6) is 5.75 Å². The third-order valence-corrected chi connectivity index (χ3v) is 4.76. The summed E-state index contributed by atoms with van der Waals surface area (Å²) in [5.74, 6) is -0.417. The van der Waals surface area contributed by atoms with E-state index >= 15 is 0 Å². The molecular formula is C22H25F3N2O3. The van der Waals surface area contributed by atoms with Crippen LogP contribution in [-0.2, 0) is 11.3 Å². The molecule has 2 amide bonds. The number of morpholine rings is 1. The number of ether oxygens (including phenoxy) is 2. The quantitative estimate of drug-likeness (QED) is 0.686. The first kappa shape index (κ1) is 22.0. The van der Waals surface area contributed by atoms with Gasteiger partial charge in [0.15, 0.2) is 5.75 Å². The van der Waals surface area contributed by atoms with Gasteiger partial charge in [0, 0.05) is 13.1 Å². The second kappa shape index (κ2) is 8.95. The van der Waals surface area contributed by atoms with Crippen molar-refractivity contribution in [3.8, 4) is 5.75 Å². The van der Waals surface area contributed by atoms with E-state index in [0.29, 0.717) is 13.1 Å². The number of aryl methyl sites for hydroxylation is 1. The lowest BCUT2D eigenvalue weighted by Crippen LogP contribution is -2.53. The van der Waals surface area contributed by atoms with Crippen molar-refractivity contribution in [3.63, 3.8) is 0 Å². The zero-order chi connectivity index (χ0) is 21.9. The van der Waals surface area contributed by atoms with Gasteiger partial charge in [-0.1, -0.05) is 42.0 Å². The molecule has 3 rings (SSSR count). The average Bonchev–Trinajstić information content (AvgIpc) is 2.66. The molecule has 0 bridgehead atoms. The fourth-order valence-electron chi connectivity index (χ4n) is 3.53. The van der Waals surface area contributed by atoms with Crippen LogP contribution < -0.4 is 9.64 Å². The summed E-state index contributed by atoms with van der Waals surface area (Å²) >= 11 is 0. The fraction of sp³-hybridized carbons (Fsp3) is 0.409. The molecule has 0 spiro atoms. The Hall–Kier alpha value is -2.74. The van der Waals surface area contributed by atoms with Gasteiger partial charge in [-0.25, -0.2) is 4.79 Å². The molecule has 8 heteroatoms. The summed E-state index contributed by atoms with van der Waals surface area (Å²) in [5.41, 5.74) is 1.91. The second-order valence-electron chi connectivity index (χ2n) is 7.53. The van der Waals surface area contributed by atoms with Crippen molar-refractivity contribution < 1.29 is 27.4 Å². The standard InChI is InChI=1S/C22H25F3N2O3/c1-15-8-10-18(11-9-15)14-27(21(28)26-12-16(2)29-17(3)13-26)19-6-4-5-7-20(19)30-22(23,24)25/h4-11,16-17H,12-14H2,1-3H3. The highest BCUT2D eigenvalue weighted by Crippen LogP contribution is 2.34. The fourth-order valence-corrected chi connectivity index (χ4v) is 3.53. The van der Waals surface area contributed by atoms with Crippen molar-refractivity contribution in [1.29, 1.82) is 0 Å². The van der Waals surface area contributed by atoms with Crippen molar-refractivity contribution in [2.45, 2.75) is 45.9 Å². The lowest BCUT2D eigenvalue weighted by atomic mass is 10.1. The maximum atomic E-state index is 13.4. The molecule has 1 aliphatic heterocycles. The molecule has 2 aromatic rings. The molecule has 2 unspecified atom stereocenters. The van der Waals surface area contributed by atoms with Gasteiger partial charge in [0.05, 0.1) is 24.4 Å². The van der Waals surface area contributed by atoms with Crippen molar-refractivity contribution in [1.82, 2.24) is 4.90 Å². The van der Waals surface area contributed by atoms with E-state index in [4.69, 9.17) is 4.74 Å². The molecule has 1 saturated heterocycles. The Bertz CT molecular complexity index is 861. The van der Waals surface area contributed by atoms with Crippen molar-refractivity contribution in [3.05, 3.63) is 59.7 Å². The number of carbonyl (C=O) groups is 1. The molecular weight excluding hydrogens is 397 g/mol. The number of amides is 2. The molecule has 0 N–H and O–H groups in total. The first-order valence-corrected chi connectivity index (χ1v) is 9.74. The molecule has 30 heavy (non-hydrogen) atoms. The van der Waals surface area contributed by atoms with Crippen LogP contribution in [0.2, 0.25) is 0 Å². The lowest BCUT2D eigenvalue weighted by Gasteiger charge is -2.38. The number of hydrogen-bond acceptors (Lipinski definition) is 3. The van der Waals surface area contributed by atoms with Crippen LogP contribution >= 0.6 is 0 Å². The molecule has 0 aromatic heterocycles. The largest absolute Gasteiger partial charge is 0.573 e. The first-order valence-electron chi connectivity index (χ1n) is 9.74. The number of nitrogens with zero attached hydrogens (tertiary/aromatic N) is 2. The van der Waals surface area contributed by atoms with Gasteiger partial charge in [-0.15, -0.1) is 13.2 Å². The van der Waals surface area contributed by atoms with Crippen LogP contribution in [0.15, 0.2) is 48.5 Å². The van der Waals surface area contributed by atoms with E-state index in [1.54, 1.807) is 11.0 Å². The molecule has 2 atom stereocenters. The minimum absolute atomic E-state index is 0.0622. The number of hydrogen-bond donors (Lipinski definition) is 0. The molecule has 0 radical (unpaired) electrons. The molecule has 1 heterocycles. The number of para-hydroxylation sites is 2. The molecule has 0 aliphatic carbocycles. The van der Waals surface area contributed by atoms with Crippen molar-refractivity contribution >= 4 is 11.7 Å². The van der Waals surface area contributed by atoms with Crippen LogP contribution in [0.4, 0.5) is 23.7 Å². The highest BCUT2D eigenvalue weighted by atomic mass is 19.4. The Labute approximate surface area is 174 Å². The van der Waals surface area contributed by atoms with Gasteiger partial charge in [0.2, 0.25) is 0 Å². The van der Waals surface area contributed by atoms with Crippen LogP contribution in [0.25, 0.3) is 0 Å². The Morgan fingerprint density at radius 2 is 1.70 bits per heavy atom.